The van der Waals surface area contributed by atoms with Gasteiger partial charge in [0, 0.05) is 12.0 Å². The fourth-order valence-corrected chi connectivity index (χ4v) is 2.13. The molecule has 0 fully saturated rings. The van der Waals surface area contributed by atoms with Crippen LogP contribution in [-0.2, 0) is 4.79 Å². The van der Waals surface area contributed by atoms with Gasteiger partial charge in [0.1, 0.15) is 0 Å². The third kappa shape index (κ3) is 2.15. The van der Waals surface area contributed by atoms with Gasteiger partial charge >= 0.3 is 0 Å². The first-order valence-electron chi connectivity index (χ1n) is 3.77. The summed E-state index contributed by atoms with van der Waals surface area (Å²) in [6.45, 7) is 3.63. The highest BCUT2D eigenvalue weighted by atomic mass is 127. The Labute approximate surface area is 80.7 Å². The van der Waals surface area contributed by atoms with Gasteiger partial charge in [-0.05, 0) is 45.4 Å². The van der Waals surface area contributed by atoms with E-state index >= 15 is 0 Å². The van der Waals surface area contributed by atoms with Crippen molar-refractivity contribution in [2.24, 2.45) is 0 Å². The average Bonchev–Trinajstić information content (AvgIpc) is 1.97. The molecule has 0 aromatic carbocycles. The van der Waals surface area contributed by atoms with Crippen LogP contribution in [0, 0.1) is 0 Å². The van der Waals surface area contributed by atoms with E-state index in [1.54, 1.807) is 6.08 Å². The molecule has 0 spiro atoms. The standard InChI is InChI=1S/C9H11IO/c1-2-4-7-8(10)5-3-6-9(7)11/h2H,1,3-6H2. The first-order chi connectivity index (χ1) is 5.25. The summed E-state index contributed by atoms with van der Waals surface area (Å²) in [4.78, 5) is 11.3. The molecule has 11 heavy (non-hydrogen) atoms. The number of ketones is 1. The lowest BCUT2D eigenvalue weighted by Crippen LogP contribution is -2.08. The molecule has 0 radical (unpaired) electrons. The van der Waals surface area contributed by atoms with Crippen LogP contribution in [0.25, 0.3) is 0 Å². The van der Waals surface area contributed by atoms with Crippen molar-refractivity contribution in [3.8, 4) is 0 Å². The largest absolute Gasteiger partial charge is 0.295 e. The number of hydrogen-bond acceptors (Lipinski definition) is 1. The number of halogens is 1. The number of Topliss-reactive ketones (excluding diaryl/α,β-unsaturated/α-hetero) is 1. The molecule has 1 nitrogen and oxygen atoms in total. The Morgan fingerprint density at radius 3 is 2.82 bits per heavy atom. The lowest BCUT2D eigenvalue weighted by atomic mass is 9.96. The van der Waals surface area contributed by atoms with Crippen LogP contribution in [0.5, 0.6) is 0 Å². The molecule has 2 heteroatoms. The number of carbonyl (C=O) groups is 1. The molecule has 0 atom stereocenters. The second-order valence-electron chi connectivity index (χ2n) is 2.65. The van der Waals surface area contributed by atoms with Crippen LogP contribution < -0.4 is 0 Å². The zero-order valence-corrected chi connectivity index (χ0v) is 8.56. The Hall–Kier alpha value is -0.120. The molecule has 0 bridgehead atoms. The maximum Gasteiger partial charge on any atom is 0.159 e. The van der Waals surface area contributed by atoms with Gasteiger partial charge < -0.3 is 0 Å². The third-order valence-corrected chi connectivity index (χ3v) is 3.00. The summed E-state index contributed by atoms with van der Waals surface area (Å²) < 4.78 is 1.23. The van der Waals surface area contributed by atoms with Crippen LogP contribution in [0.1, 0.15) is 25.7 Å². The van der Waals surface area contributed by atoms with E-state index in [-0.39, 0.29) is 0 Å². The smallest absolute Gasteiger partial charge is 0.159 e. The Balaban J connectivity index is 2.81. The second kappa shape index (κ2) is 4.04. The maximum absolute atomic E-state index is 11.3. The highest BCUT2D eigenvalue weighted by Crippen LogP contribution is 2.28. The molecule has 0 heterocycles. The molecule has 0 saturated heterocycles. The number of allylic oxidation sites excluding steroid dienone is 3. The van der Waals surface area contributed by atoms with E-state index in [4.69, 9.17) is 0 Å². The summed E-state index contributed by atoms with van der Waals surface area (Å²) in [5.74, 6) is 0.320. The van der Waals surface area contributed by atoms with E-state index in [0.29, 0.717) is 5.78 Å². The van der Waals surface area contributed by atoms with Crippen LogP contribution in [0.2, 0.25) is 0 Å². The summed E-state index contributed by atoms with van der Waals surface area (Å²) in [6, 6.07) is 0. The highest BCUT2D eigenvalue weighted by molar-refractivity contribution is 14.1. The Kier molecular flexibility index (Phi) is 3.30. The summed E-state index contributed by atoms with van der Waals surface area (Å²) in [7, 11) is 0. The van der Waals surface area contributed by atoms with Crippen LogP contribution in [0.3, 0.4) is 0 Å². The molecular formula is C9H11IO. The van der Waals surface area contributed by atoms with E-state index in [1.807, 2.05) is 0 Å². The summed E-state index contributed by atoms with van der Waals surface area (Å²) in [5, 5.41) is 0. The first kappa shape index (κ1) is 8.97. The number of carbonyl (C=O) groups excluding carboxylic acids is 1. The van der Waals surface area contributed by atoms with Crippen molar-refractivity contribution in [3.63, 3.8) is 0 Å². The molecular weight excluding hydrogens is 251 g/mol. The van der Waals surface area contributed by atoms with Gasteiger partial charge in [0.2, 0.25) is 0 Å². The molecule has 0 aromatic rings. The van der Waals surface area contributed by atoms with Crippen LogP contribution in [0.15, 0.2) is 21.8 Å². The quantitative estimate of drug-likeness (QED) is 0.552. The third-order valence-electron chi connectivity index (χ3n) is 1.81. The predicted molar refractivity (Wildman–Crippen MR) is 54.7 cm³/mol. The Bertz CT molecular complexity index is 216. The van der Waals surface area contributed by atoms with Gasteiger partial charge in [-0.15, -0.1) is 6.58 Å². The first-order valence-corrected chi connectivity index (χ1v) is 4.85. The normalized spacial score (nSPS) is 18.8. The lowest BCUT2D eigenvalue weighted by molar-refractivity contribution is -0.116. The summed E-state index contributed by atoms with van der Waals surface area (Å²) >= 11 is 2.27. The topological polar surface area (TPSA) is 17.1 Å². The SMILES string of the molecule is C=CCC1=C(I)CCCC1=O. The maximum atomic E-state index is 11.3. The monoisotopic (exact) mass is 262 g/mol. The van der Waals surface area contributed by atoms with Gasteiger partial charge in [-0.1, -0.05) is 6.08 Å². The molecule has 60 valence electrons. The molecule has 0 unspecified atom stereocenters. The van der Waals surface area contributed by atoms with Gasteiger partial charge in [-0.25, -0.2) is 0 Å². The molecule has 0 aliphatic heterocycles. The number of hydrogen-bond donors (Lipinski definition) is 0. The predicted octanol–water partition coefficient (Wildman–Crippen LogP) is 3.00. The van der Waals surface area contributed by atoms with Gasteiger partial charge in [0.25, 0.3) is 0 Å². The molecule has 0 saturated carbocycles. The van der Waals surface area contributed by atoms with E-state index in [1.165, 1.54) is 3.58 Å². The second-order valence-corrected chi connectivity index (χ2v) is 3.96. The van der Waals surface area contributed by atoms with Gasteiger partial charge in [-0.2, -0.15) is 0 Å². The molecule has 1 aliphatic rings. The van der Waals surface area contributed by atoms with Gasteiger partial charge in [0.05, 0.1) is 0 Å². The molecule has 0 N–H and O–H groups in total. The van der Waals surface area contributed by atoms with Crippen molar-refractivity contribution >= 4 is 28.4 Å². The van der Waals surface area contributed by atoms with Crippen molar-refractivity contribution in [2.45, 2.75) is 25.7 Å². The van der Waals surface area contributed by atoms with Crippen molar-refractivity contribution in [1.82, 2.24) is 0 Å². The fraction of sp³-hybridized carbons (Fsp3) is 0.444. The van der Waals surface area contributed by atoms with Crippen LogP contribution in [-0.4, -0.2) is 5.78 Å². The van der Waals surface area contributed by atoms with E-state index in [2.05, 4.69) is 29.2 Å². The fourth-order valence-electron chi connectivity index (χ4n) is 1.23. The average molecular weight is 262 g/mol. The Morgan fingerprint density at radius 1 is 1.55 bits per heavy atom. The summed E-state index contributed by atoms with van der Waals surface area (Å²) in [6.07, 6.45) is 5.39. The van der Waals surface area contributed by atoms with E-state index < -0.39 is 0 Å². The number of rotatable bonds is 2. The molecule has 0 amide bonds. The van der Waals surface area contributed by atoms with Crippen molar-refractivity contribution < 1.29 is 4.79 Å². The van der Waals surface area contributed by atoms with Crippen molar-refractivity contribution in [1.29, 1.82) is 0 Å². The zero-order valence-electron chi connectivity index (χ0n) is 6.40. The van der Waals surface area contributed by atoms with Crippen LogP contribution >= 0.6 is 22.6 Å². The minimum atomic E-state index is 0.320. The highest BCUT2D eigenvalue weighted by Gasteiger charge is 2.16. The summed E-state index contributed by atoms with van der Waals surface area (Å²) in [5.41, 5.74) is 0.992. The van der Waals surface area contributed by atoms with E-state index in [9.17, 15) is 4.79 Å². The van der Waals surface area contributed by atoms with Gasteiger partial charge in [-0.3, -0.25) is 4.79 Å². The van der Waals surface area contributed by atoms with E-state index in [0.717, 1.165) is 31.3 Å². The zero-order chi connectivity index (χ0) is 8.27. The van der Waals surface area contributed by atoms with Crippen molar-refractivity contribution in [3.05, 3.63) is 21.8 Å². The van der Waals surface area contributed by atoms with Crippen molar-refractivity contribution in [2.75, 3.05) is 0 Å². The van der Waals surface area contributed by atoms with Gasteiger partial charge in [0.15, 0.2) is 5.78 Å². The molecule has 1 aliphatic carbocycles. The minimum Gasteiger partial charge on any atom is -0.295 e. The Morgan fingerprint density at radius 2 is 2.27 bits per heavy atom. The minimum absolute atomic E-state index is 0.320. The van der Waals surface area contributed by atoms with Crippen LogP contribution in [0.4, 0.5) is 0 Å². The lowest BCUT2D eigenvalue weighted by Gasteiger charge is -2.13. The molecule has 0 aromatic heterocycles. The molecule has 1 rings (SSSR count).